The van der Waals surface area contributed by atoms with E-state index in [0.29, 0.717) is 0 Å². The number of hydroxylamine groups is 1. The van der Waals surface area contributed by atoms with Gasteiger partial charge in [-0.1, -0.05) is 5.92 Å². The van der Waals surface area contributed by atoms with E-state index < -0.39 is 11.3 Å². The van der Waals surface area contributed by atoms with Crippen LogP contribution < -0.4 is 5.48 Å². The molecule has 0 aliphatic rings. The fraction of sp³-hybridized carbons (Fsp3) is 0.500. The topological polar surface area (TPSA) is 62.1 Å². The van der Waals surface area contributed by atoms with Crippen LogP contribution in [0.4, 0.5) is 0 Å². The average molecular weight is 166 g/mol. The lowest BCUT2D eigenvalue weighted by molar-refractivity contribution is -0.138. The first-order valence-electron chi connectivity index (χ1n) is 3.31. The molecule has 0 bridgehead atoms. The molecule has 0 aliphatic heterocycles. The molecule has 64 valence electrons. The number of hydrogen-bond donors (Lipinski definition) is 1. The normalized spacial score (nSPS) is 9.67. The summed E-state index contributed by atoms with van der Waals surface area (Å²) in [7, 11) is 0. The highest BCUT2D eigenvalue weighted by atomic mass is 16.6. The summed E-state index contributed by atoms with van der Waals surface area (Å²) in [4.78, 5) is 15.6. The first-order valence-corrected chi connectivity index (χ1v) is 3.31. The number of nitrogens with one attached hydrogen (secondary N) is 1. The summed E-state index contributed by atoms with van der Waals surface area (Å²) < 4.78 is 0. The molecule has 4 heteroatoms. The number of terminal acetylenes is 1. The van der Waals surface area contributed by atoms with Gasteiger partial charge in [0.15, 0.2) is 0 Å². The van der Waals surface area contributed by atoms with Gasteiger partial charge in [0.05, 0.1) is 6.07 Å². The van der Waals surface area contributed by atoms with Crippen molar-refractivity contribution >= 4 is 5.91 Å². The van der Waals surface area contributed by atoms with Crippen molar-refractivity contribution < 1.29 is 9.63 Å². The molecule has 0 spiro atoms. The summed E-state index contributed by atoms with van der Waals surface area (Å²) in [6, 6.07) is 1.82. The number of carbonyl (C=O) groups excluding carboxylic acids is 1. The molecule has 0 saturated carbocycles. The third kappa shape index (κ3) is 3.05. The van der Waals surface area contributed by atoms with Crippen LogP contribution in [0.1, 0.15) is 13.8 Å². The van der Waals surface area contributed by atoms with E-state index in [1.807, 2.05) is 6.07 Å². The minimum Gasteiger partial charge on any atom is -0.271 e. The molecule has 0 aromatic heterocycles. The Morgan fingerprint density at radius 3 is 2.75 bits per heavy atom. The fourth-order valence-corrected chi connectivity index (χ4v) is 0.322. The van der Waals surface area contributed by atoms with Crippen molar-refractivity contribution in [2.24, 2.45) is 5.41 Å². The van der Waals surface area contributed by atoms with Gasteiger partial charge < -0.3 is 0 Å². The fourth-order valence-electron chi connectivity index (χ4n) is 0.322. The van der Waals surface area contributed by atoms with Gasteiger partial charge in [-0.05, 0) is 13.8 Å². The van der Waals surface area contributed by atoms with E-state index in [0.717, 1.165) is 0 Å². The van der Waals surface area contributed by atoms with Crippen LogP contribution in [-0.4, -0.2) is 12.5 Å². The molecule has 0 heterocycles. The van der Waals surface area contributed by atoms with Crippen LogP contribution in [0.2, 0.25) is 0 Å². The molecular weight excluding hydrogens is 156 g/mol. The van der Waals surface area contributed by atoms with Crippen molar-refractivity contribution in [3.63, 3.8) is 0 Å². The Labute approximate surface area is 71.5 Å². The number of nitriles is 1. The molecule has 1 amide bonds. The van der Waals surface area contributed by atoms with Crippen LogP contribution in [0.15, 0.2) is 0 Å². The predicted octanol–water partition coefficient (Wildman–Crippen LogP) is 0.217. The van der Waals surface area contributed by atoms with Crippen LogP contribution in [0.3, 0.4) is 0 Å². The smallest absolute Gasteiger partial charge is 0.263 e. The van der Waals surface area contributed by atoms with Gasteiger partial charge in [-0.3, -0.25) is 9.63 Å². The van der Waals surface area contributed by atoms with Crippen molar-refractivity contribution in [2.75, 3.05) is 6.61 Å². The Bertz CT molecular complexity index is 245. The minimum absolute atomic E-state index is 0.00670. The molecule has 0 rings (SSSR count). The quantitative estimate of drug-likeness (QED) is 0.370. The summed E-state index contributed by atoms with van der Waals surface area (Å²) in [6.07, 6.45) is 4.86. The zero-order valence-electron chi connectivity index (χ0n) is 7.05. The lowest BCUT2D eigenvalue weighted by atomic mass is 9.95. The summed E-state index contributed by atoms with van der Waals surface area (Å²) in [6.45, 7) is 2.97. The standard InChI is InChI=1S/C8H10N2O2/c1-4-5-12-10-7(11)8(2,3)6-9/h1H,5H2,2-3H3,(H,10,11). The van der Waals surface area contributed by atoms with Crippen molar-refractivity contribution in [1.82, 2.24) is 5.48 Å². The van der Waals surface area contributed by atoms with Crippen LogP contribution in [0, 0.1) is 29.1 Å². The van der Waals surface area contributed by atoms with Gasteiger partial charge in [0.2, 0.25) is 0 Å². The second-order valence-corrected chi connectivity index (χ2v) is 2.66. The average Bonchev–Trinajstić information content (AvgIpc) is 2.05. The summed E-state index contributed by atoms with van der Waals surface area (Å²) in [5.74, 6) is 1.67. The molecule has 4 nitrogen and oxygen atoms in total. The van der Waals surface area contributed by atoms with Gasteiger partial charge in [-0.15, -0.1) is 6.42 Å². The largest absolute Gasteiger partial charge is 0.271 e. The third-order valence-corrected chi connectivity index (χ3v) is 1.17. The van der Waals surface area contributed by atoms with E-state index in [4.69, 9.17) is 11.7 Å². The number of nitrogens with zero attached hydrogens (tertiary/aromatic N) is 1. The summed E-state index contributed by atoms with van der Waals surface area (Å²) in [5, 5.41) is 8.51. The van der Waals surface area contributed by atoms with Gasteiger partial charge in [0.1, 0.15) is 12.0 Å². The number of carbonyl (C=O) groups is 1. The maximum Gasteiger partial charge on any atom is 0.263 e. The Balaban J connectivity index is 3.92. The molecule has 0 fully saturated rings. The second-order valence-electron chi connectivity index (χ2n) is 2.66. The van der Waals surface area contributed by atoms with E-state index in [1.54, 1.807) is 0 Å². The van der Waals surface area contributed by atoms with Crippen molar-refractivity contribution in [3.8, 4) is 18.4 Å². The van der Waals surface area contributed by atoms with Crippen LogP contribution in [-0.2, 0) is 9.63 Å². The Morgan fingerprint density at radius 2 is 2.33 bits per heavy atom. The molecular formula is C8H10N2O2. The lowest BCUT2D eigenvalue weighted by Crippen LogP contribution is -2.35. The van der Waals surface area contributed by atoms with Crippen molar-refractivity contribution in [3.05, 3.63) is 0 Å². The van der Waals surface area contributed by atoms with E-state index >= 15 is 0 Å². The van der Waals surface area contributed by atoms with Gasteiger partial charge in [0.25, 0.3) is 5.91 Å². The van der Waals surface area contributed by atoms with E-state index in [1.165, 1.54) is 13.8 Å². The van der Waals surface area contributed by atoms with Gasteiger partial charge in [-0.2, -0.15) is 5.26 Å². The molecule has 0 radical (unpaired) electrons. The molecule has 0 aliphatic carbocycles. The first-order chi connectivity index (χ1) is 5.54. The number of amides is 1. The third-order valence-electron chi connectivity index (χ3n) is 1.17. The maximum atomic E-state index is 11.0. The van der Waals surface area contributed by atoms with Crippen molar-refractivity contribution in [1.29, 1.82) is 5.26 Å². The SMILES string of the molecule is C#CCONC(=O)C(C)(C)C#N. The highest BCUT2D eigenvalue weighted by Gasteiger charge is 2.27. The minimum atomic E-state index is -1.09. The molecule has 12 heavy (non-hydrogen) atoms. The zero-order valence-corrected chi connectivity index (χ0v) is 7.05. The molecule has 0 atom stereocenters. The van der Waals surface area contributed by atoms with Crippen LogP contribution in [0.5, 0.6) is 0 Å². The van der Waals surface area contributed by atoms with Gasteiger partial charge in [-0.25, -0.2) is 5.48 Å². The first kappa shape index (κ1) is 10.5. The van der Waals surface area contributed by atoms with Crippen LogP contribution in [0.25, 0.3) is 0 Å². The molecule has 1 N–H and O–H groups in total. The highest BCUT2D eigenvalue weighted by molar-refractivity contribution is 5.83. The molecule has 0 aromatic rings. The lowest BCUT2D eigenvalue weighted by Gasteiger charge is -2.13. The predicted molar refractivity (Wildman–Crippen MR) is 42.3 cm³/mol. The molecule has 0 unspecified atom stereocenters. The van der Waals surface area contributed by atoms with E-state index in [-0.39, 0.29) is 6.61 Å². The monoisotopic (exact) mass is 166 g/mol. The molecule has 0 aromatic carbocycles. The number of hydrogen-bond acceptors (Lipinski definition) is 3. The van der Waals surface area contributed by atoms with E-state index in [2.05, 4.69) is 16.2 Å². The number of rotatable bonds is 3. The van der Waals surface area contributed by atoms with Crippen molar-refractivity contribution in [2.45, 2.75) is 13.8 Å². The Hall–Kier alpha value is -1.52. The molecule has 0 saturated heterocycles. The highest BCUT2D eigenvalue weighted by Crippen LogP contribution is 2.12. The van der Waals surface area contributed by atoms with E-state index in [9.17, 15) is 4.79 Å². The maximum absolute atomic E-state index is 11.0. The zero-order chi connectivity index (χ0) is 9.61. The second kappa shape index (κ2) is 4.38. The van der Waals surface area contributed by atoms with Crippen LogP contribution >= 0.6 is 0 Å². The summed E-state index contributed by atoms with van der Waals surface area (Å²) >= 11 is 0. The Morgan fingerprint density at radius 1 is 1.75 bits per heavy atom. The van der Waals surface area contributed by atoms with Gasteiger partial charge in [0, 0.05) is 0 Å². The summed E-state index contributed by atoms with van der Waals surface area (Å²) in [5.41, 5.74) is 0.982. The Kier molecular flexibility index (Phi) is 3.82. The van der Waals surface area contributed by atoms with Gasteiger partial charge >= 0.3 is 0 Å².